The molecule has 2 N–H and O–H groups in total. The molecule has 2 aromatic rings. The predicted molar refractivity (Wildman–Crippen MR) is 82.2 cm³/mol. The van der Waals surface area contributed by atoms with Gasteiger partial charge in [0.25, 0.3) is 0 Å². The summed E-state index contributed by atoms with van der Waals surface area (Å²) in [6.07, 6.45) is 0. The number of anilines is 2. The lowest BCUT2D eigenvalue weighted by molar-refractivity contribution is 0.626. The van der Waals surface area contributed by atoms with Crippen LogP contribution in [0.2, 0.25) is 10.0 Å². The minimum absolute atomic E-state index is 0.0634. The Morgan fingerprint density at radius 3 is 2.30 bits per heavy atom. The minimum Gasteiger partial charge on any atom is -0.372 e. The van der Waals surface area contributed by atoms with Crippen LogP contribution >= 0.6 is 23.2 Å². The molecule has 0 saturated heterocycles. The molecule has 6 heteroatoms. The van der Waals surface area contributed by atoms with Crippen molar-refractivity contribution in [2.45, 2.75) is 13.0 Å². The summed E-state index contributed by atoms with van der Waals surface area (Å²) in [4.78, 5) is 4.31. The number of nitrogens with one attached hydrogen (secondary N) is 2. The molecule has 0 aliphatic rings. The Morgan fingerprint density at radius 1 is 1.10 bits per heavy atom. The first kappa shape index (κ1) is 14.9. The maximum Gasteiger partial charge on any atom is 0.147 e. The van der Waals surface area contributed by atoms with E-state index in [-0.39, 0.29) is 11.9 Å². The van der Waals surface area contributed by atoms with Crippen LogP contribution in [0.15, 0.2) is 30.3 Å². The van der Waals surface area contributed by atoms with Gasteiger partial charge in [-0.05, 0) is 30.7 Å². The summed E-state index contributed by atoms with van der Waals surface area (Å²) in [5.41, 5.74) is 0.935. The molecule has 0 radical (unpaired) electrons. The first-order chi connectivity index (χ1) is 9.51. The van der Waals surface area contributed by atoms with Gasteiger partial charge in [0.2, 0.25) is 0 Å². The van der Waals surface area contributed by atoms with Gasteiger partial charge in [-0.2, -0.15) is 0 Å². The van der Waals surface area contributed by atoms with Crippen molar-refractivity contribution in [3.05, 3.63) is 51.8 Å². The van der Waals surface area contributed by atoms with Crippen LogP contribution in [0.1, 0.15) is 18.5 Å². The SMILES string of the molecule is CNc1nc(NC(C)c2ccc(F)cc2)c(Cl)cc1Cl. The van der Waals surface area contributed by atoms with Gasteiger partial charge in [-0.1, -0.05) is 35.3 Å². The Morgan fingerprint density at radius 2 is 1.70 bits per heavy atom. The van der Waals surface area contributed by atoms with E-state index in [9.17, 15) is 4.39 Å². The fourth-order valence-corrected chi connectivity index (χ4v) is 2.29. The van der Waals surface area contributed by atoms with Crippen molar-refractivity contribution in [1.29, 1.82) is 0 Å². The summed E-state index contributed by atoms with van der Waals surface area (Å²) in [6.45, 7) is 1.94. The van der Waals surface area contributed by atoms with Gasteiger partial charge in [0.05, 0.1) is 10.0 Å². The summed E-state index contributed by atoms with van der Waals surface area (Å²) in [6, 6.07) is 7.84. The molecule has 1 unspecified atom stereocenters. The smallest absolute Gasteiger partial charge is 0.147 e. The van der Waals surface area contributed by atoms with Gasteiger partial charge in [-0.3, -0.25) is 0 Å². The minimum atomic E-state index is -0.263. The highest BCUT2D eigenvalue weighted by molar-refractivity contribution is 6.37. The van der Waals surface area contributed by atoms with Gasteiger partial charge < -0.3 is 10.6 Å². The number of nitrogens with zero attached hydrogens (tertiary/aromatic N) is 1. The number of benzene rings is 1. The summed E-state index contributed by atoms with van der Waals surface area (Å²) >= 11 is 12.1. The number of hydrogen-bond donors (Lipinski definition) is 2. The molecule has 20 heavy (non-hydrogen) atoms. The second-order valence-electron chi connectivity index (χ2n) is 4.32. The van der Waals surface area contributed by atoms with E-state index >= 15 is 0 Å². The van der Waals surface area contributed by atoms with Gasteiger partial charge in [-0.25, -0.2) is 9.37 Å². The Hall–Kier alpha value is -1.52. The highest BCUT2D eigenvalue weighted by Crippen LogP contribution is 2.31. The van der Waals surface area contributed by atoms with E-state index in [0.717, 1.165) is 5.56 Å². The van der Waals surface area contributed by atoms with Crippen molar-refractivity contribution in [2.24, 2.45) is 0 Å². The first-order valence-corrected chi connectivity index (χ1v) is 6.82. The molecule has 0 bridgehead atoms. The van der Waals surface area contributed by atoms with Crippen LogP contribution in [0.25, 0.3) is 0 Å². The summed E-state index contributed by atoms with van der Waals surface area (Å²) in [7, 11) is 1.73. The zero-order chi connectivity index (χ0) is 14.7. The van der Waals surface area contributed by atoms with E-state index in [1.54, 1.807) is 25.2 Å². The summed E-state index contributed by atoms with van der Waals surface area (Å²) < 4.78 is 12.9. The van der Waals surface area contributed by atoms with Crippen molar-refractivity contribution >= 4 is 34.8 Å². The van der Waals surface area contributed by atoms with Crippen LogP contribution in [0.5, 0.6) is 0 Å². The maximum atomic E-state index is 12.9. The third-order valence-electron chi connectivity index (χ3n) is 2.89. The van der Waals surface area contributed by atoms with E-state index in [2.05, 4.69) is 15.6 Å². The molecule has 1 aromatic heterocycles. The lowest BCUT2D eigenvalue weighted by Gasteiger charge is -2.17. The van der Waals surface area contributed by atoms with E-state index in [1.165, 1.54) is 12.1 Å². The zero-order valence-corrected chi connectivity index (χ0v) is 12.6. The molecule has 0 saturated carbocycles. The van der Waals surface area contributed by atoms with Gasteiger partial charge in [-0.15, -0.1) is 0 Å². The Balaban J connectivity index is 2.23. The molecule has 0 amide bonds. The third kappa shape index (κ3) is 3.32. The molecule has 106 valence electrons. The Bertz CT molecular complexity index is 602. The predicted octanol–water partition coefficient (Wildman–Crippen LogP) is 4.74. The molecule has 2 rings (SSSR count). The molecule has 0 fully saturated rings. The number of hydrogen-bond acceptors (Lipinski definition) is 3. The normalized spacial score (nSPS) is 12.1. The Kier molecular flexibility index (Phi) is 4.68. The highest BCUT2D eigenvalue weighted by atomic mass is 35.5. The molecular weight excluding hydrogens is 300 g/mol. The second kappa shape index (κ2) is 6.29. The molecule has 3 nitrogen and oxygen atoms in total. The summed E-state index contributed by atoms with van der Waals surface area (Å²) in [5.74, 6) is 0.809. The van der Waals surface area contributed by atoms with Gasteiger partial charge in [0, 0.05) is 13.1 Å². The largest absolute Gasteiger partial charge is 0.372 e. The second-order valence-corrected chi connectivity index (χ2v) is 5.13. The quantitative estimate of drug-likeness (QED) is 0.855. The van der Waals surface area contributed by atoms with Crippen molar-refractivity contribution < 1.29 is 4.39 Å². The standard InChI is InChI=1S/C14H14Cl2FN3/c1-8(9-3-5-10(17)6-4-9)19-14-12(16)7-11(15)13(18-2)20-14/h3-8H,1-2H3,(H2,18,19,20). The fourth-order valence-electron chi connectivity index (χ4n) is 1.78. The van der Waals surface area contributed by atoms with Crippen LogP contribution in [0.4, 0.5) is 16.0 Å². The van der Waals surface area contributed by atoms with Crippen molar-refractivity contribution in [2.75, 3.05) is 17.7 Å². The van der Waals surface area contributed by atoms with Crippen molar-refractivity contribution in [3.8, 4) is 0 Å². The zero-order valence-electron chi connectivity index (χ0n) is 11.0. The monoisotopic (exact) mass is 313 g/mol. The third-order valence-corrected chi connectivity index (χ3v) is 3.47. The van der Waals surface area contributed by atoms with Crippen LogP contribution in [0, 0.1) is 5.82 Å². The van der Waals surface area contributed by atoms with Crippen LogP contribution < -0.4 is 10.6 Å². The van der Waals surface area contributed by atoms with Crippen LogP contribution in [-0.4, -0.2) is 12.0 Å². The molecule has 1 atom stereocenters. The van der Waals surface area contributed by atoms with Crippen molar-refractivity contribution in [3.63, 3.8) is 0 Å². The lowest BCUT2D eigenvalue weighted by atomic mass is 10.1. The number of halogens is 3. The first-order valence-electron chi connectivity index (χ1n) is 6.07. The summed E-state index contributed by atoms with van der Waals surface area (Å²) in [5, 5.41) is 6.97. The Labute approximate surface area is 127 Å². The van der Waals surface area contributed by atoms with E-state index in [4.69, 9.17) is 23.2 Å². The average molecular weight is 314 g/mol. The topological polar surface area (TPSA) is 37.0 Å². The van der Waals surface area contributed by atoms with Gasteiger partial charge in [0.1, 0.15) is 17.5 Å². The fraction of sp³-hybridized carbons (Fsp3) is 0.214. The average Bonchev–Trinajstić information content (AvgIpc) is 2.42. The molecule has 0 spiro atoms. The molecule has 0 aliphatic heterocycles. The molecular formula is C14H14Cl2FN3. The van der Waals surface area contributed by atoms with Gasteiger partial charge >= 0.3 is 0 Å². The number of aromatic nitrogens is 1. The van der Waals surface area contributed by atoms with E-state index in [0.29, 0.717) is 21.7 Å². The van der Waals surface area contributed by atoms with E-state index < -0.39 is 0 Å². The molecule has 1 heterocycles. The van der Waals surface area contributed by atoms with Gasteiger partial charge in [0.15, 0.2) is 0 Å². The molecule has 1 aromatic carbocycles. The van der Waals surface area contributed by atoms with Crippen molar-refractivity contribution in [1.82, 2.24) is 4.98 Å². The number of rotatable bonds is 4. The van der Waals surface area contributed by atoms with Crippen LogP contribution in [0.3, 0.4) is 0 Å². The highest BCUT2D eigenvalue weighted by Gasteiger charge is 2.12. The van der Waals surface area contributed by atoms with Crippen LogP contribution in [-0.2, 0) is 0 Å². The lowest BCUT2D eigenvalue weighted by Crippen LogP contribution is -2.09. The number of pyridine rings is 1. The molecule has 0 aliphatic carbocycles. The van der Waals surface area contributed by atoms with E-state index in [1.807, 2.05) is 6.92 Å². The maximum absolute atomic E-state index is 12.9.